The van der Waals surface area contributed by atoms with E-state index in [9.17, 15) is 14.7 Å². The fourth-order valence-electron chi connectivity index (χ4n) is 4.73. The van der Waals surface area contributed by atoms with Crippen LogP contribution in [0.15, 0.2) is 83.8 Å². The number of aliphatic carboxylic acids is 1. The molecule has 8 heteroatoms. The molecule has 0 saturated carbocycles. The summed E-state index contributed by atoms with van der Waals surface area (Å²) in [5.74, 6) is 0.0318. The SMILES string of the molecule is O=C(O)CCCCCCC(=O)NCc1ccc([C@@H]2O[C@H](CSc3ccccc3)C[C@H](c3ccc(CO)cc3)O2)cc1. The Morgan fingerprint density at radius 2 is 1.46 bits per heavy atom. The number of carboxylic acids is 1. The van der Waals surface area contributed by atoms with Crippen molar-refractivity contribution in [1.82, 2.24) is 5.32 Å². The van der Waals surface area contributed by atoms with Gasteiger partial charge in [-0.25, -0.2) is 0 Å². The third kappa shape index (κ3) is 10.3. The van der Waals surface area contributed by atoms with Crippen LogP contribution < -0.4 is 5.32 Å². The van der Waals surface area contributed by atoms with Crippen molar-refractivity contribution >= 4 is 23.6 Å². The molecule has 1 heterocycles. The van der Waals surface area contributed by atoms with Gasteiger partial charge in [-0.15, -0.1) is 11.8 Å². The summed E-state index contributed by atoms with van der Waals surface area (Å²) in [6, 6.07) is 26.2. The first-order chi connectivity index (χ1) is 20.0. The second kappa shape index (κ2) is 16.3. The summed E-state index contributed by atoms with van der Waals surface area (Å²) in [7, 11) is 0. The van der Waals surface area contributed by atoms with Gasteiger partial charge in [-0.2, -0.15) is 0 Å². The van der Waals surface area contributed by atoms with Gasteiger partial charge in [-0.3, -0.25) is 9.59 Å². The van der Waals surface area contributed by atoms with Gasteiger partial charge in [0.15, 0.2) is 6.29 Å². The lowest BCUT2D eigenvalue weighted by atomic mass is 10.0. The van der Waals surface area contributed by atoms with Gasteiger partial charge in [-0.1, -0.05) is 79.6 Å². The highest BCUT2D eigenvalue weighted by atomic mass is 32.2. The highest BCUT2D eigenvalue weighted by molar-refractivity contribution is 7.99. The van der Waals surface area contributed by atoms with Crippen molar-refractivity contribution in [2.75, 3.05) is 5.75 Å². The van der Waals surface area contributed by atoms with Gasteiger partial charge in [0.25, 0.3) is 0 Å². The first-order valence-electron chi connectivity index (χ1n) is 14.3. The van der Waals surface area contributed by atoms with Gasteiger partial charge >= 0.3 is 5.97 Å². The van der Waals surface area contributed by atoms with E-state index in [4.69, 9.17) is 14.6 Å². The number of carboxylic acid groups (broad SMARTS) is 1. The number of aliphatic hydroxyl groups is 1. The average Bonchev–Trinajstić information content (AvgIpc) is 3.01. The molecule has 41 heavy (non-hydrogen) atoms. The highest BCUT2D eigenvalue weighted by Gasteiger charge is 2.32. The van der Waals surface area contributed by atoms with Crippen LogP contribution in [-0.4, -0.2) is 33.9 Å². The molecule has 3 aromatic rings. The van der Waals surface area contributed by atoms with Crippen molar-refractivity contribution in [1.29, 1.82) is 0 Å². The summed E-state index contributed by atoms with van der Waals surface area (Å²) in [5, 5.41) is 21.1. The fraction of sp³-hybridized carbons (Fsp3) is 0.394. The molecule has 1 amide bonds. The number of aliphatic hydroxyl groups excluding tert-OH is 1. The molecule has 0 unspecified atom stereocenters. The van der Waals surface area contributed by atoms with Crippen LogP contribution in [0.25, 0.3) is 0 Å². The maximum atomic E-state index is 12.2. The van der Waals surface area contributed by atoms with Crippen LogP contribution in [-0.2, 0) is 32.2 Å². The van der Waals surface area contributed by atoms with Crippen molar-refractivity contribution in [2.24, 2.45) is 0 Å². The Morgan fingerprint density at radius 3 is 2.15 bits per heavy atom. The first kappa shape index (κ1) is 30.8. The average molecular weight is 578 g/mol. The molecule has 1 fully saturated rings. The van der Waals surface area contributed by atoms with Crippen molar-refractivity contribution in [2.45, 2.75) is 81.5 Å². The first-order valence-corrected chi connectivity index (χ1v) is 15.2. The van der Waals surface area contributed by atoms with Crippen LogP contribution in [0.2, 0.25) is 0 Å². The van der Waals surface area contributed by atoms with Crippen LogP contribution in [0.1, 0.15) is 79.6 Å². The summed E-state index contributed by atoms with van der Waals surface area (Å²) in [4.78, 5) is 24.0. The van der Waals surface area contributed by atoms with Crippen molar-refractivity contribution in [3.8, 4) is 0 Å². The predicted molar refractivity (Wildman–Crippen MR) is 159 cm³/mol. The van der Waals surface area contributed by atoms with Crippen LogP contribution in [0.5, 0.6) is 0 Å². The van der Waals surface area contributed by atoms with Crippen molar-refractivity contribution in [3.63, 3.8) is 0 Å². The van der Waals surface area contributed by atoms with E-state index in [1.54, 1.807) is 11.8 Å². The van der Waals surface area contributed by atoms with Crippen molar-refractivity contribution in [3.05, 3.63) is 101 Å². The van der Waals surface area contributed by atoms with Crippen LogP contribution in [0.3, 0.4) is 0 Å². The number of unbranched alkanes of at least 4 members (excludes halogenated alkanes) is 3. The normalized spacial score (nSPS) is 18.6. The summed E-state index contributed by atoms with van der Waals surface area (Å²) < 4.78 is 12.9. The van der Waals surface area contributed by atoms with E-state index >= 15 is 0 Å². The van der Waals surface area contributed by atoms with Gasteiger partial charge in [0.2, 0.25) is 5.91 Å². The zero-order chi connectivity index (χ0) is 28.9. The van der Waals surface area contributed by atoms with Gasteiger partial charge in [0.1, 0.15) is 0 Å². The zero-order valence-corrected chi connectivity index (χ0v) is 24.1. The molecule has 0 radical (unpaired) electrons. The molecule has 3 N–H and O–H groups in total. The Kier molecular flexibility index (Phi) is 12.3. The molecule has 1 aliphatic rings. The Morgan fingerprint density at radius 1 is 0.805 bits per heavy atom. The molecule has 218 valence electrons. The van der Waals surface area contributed by atoms with E-state index in [2.05, 4.69) is 17.4 Å². The number of benzene rings is 3. The topological polar surface area (TPSA) is 105 Å². The summed E-state index contributed by atoms with van der Waals surface area (Å²) in [5.41, 5.74) is 3.85. The molecular weight excluding hydrogens is 538 g/mol. The van der Waals surface area contributed by atoms with E-state index in [1.807, 2.05) is 66.7 Å². The number of nitrogens with one attached hydrogen (secondary N) is 1. The van der Waals surface area contributed by atoms with Crippen LogP contribution in [0.4, 0.5) is 0 Å². The van der Waals surface area contributed by atoms with Crippen molar-refractivity contribution < 1.29 is 29.3 Å². The van der Waals surface area contributed by atoms with Crippen LogP contribution in [0, 0.1) is 0 Å². The molecule has 3 aromatic carbocycles. The van der Waals surface area contributed by atoms with E-state index in [0.29, 0.717) is 19.4 Å². The Hall–Kier alpha value is -3.17. The maximum absolute atomic E-state index is 12.2. The third-order valence-electron chi connectivity index (χ3n) is 7.08. The monoisotopic (exact) mass is 577 g/mol. The van der Waals surface area contributed by atoms with Gasteiger partial charge in [-0.05, 0) is 41.7 Å². The summed E-state index contributed by atoms with van der Waals surface area (Å²) >= 11 is 1.77. The number of hydrogen-bond acceptors (Lipinski definition) is 6. The van der Waals surface area contributed by atoms with Gasteiger partial charge in [0.05, 0.1) is 18.8 Å². The Balaban J connectivity index is 1.32. The minimum absolute atomic E-state index is 0.0000690. The largest absolute Gasteiger partial charge is 0.481 e. The molecule has 0 spiro atoms. The molecule has 3 atom stereocenters. The highest BCUT2D eigenvalue weighted by Crippen LogP contribution is 2.39. The quantitative estimate of drug-likeness (QED) is 0.139. The Labute approximate surface area is 246 Å². The summed E-state index contributed by atoms with van der Waals surface area (Å²) in [6.45, 7) is 0.454. The zero-order valence-electron chi connectivity index (χ0n) is 23.2. The van der Waals surface area contributed by atoms with Gasteiger partial charge in [0, 0.05) is 42.0 Å². The molecule has 0 bridgehead atoms. The molecular formula is C33H39NO6S. The minimum Gasteiger partial charge on any atom is -0.481 e. The second-order valence-electron chi connectivity index (χ2n) is 10.3. The maximum Gasteiger partial charge on any atom is 0.303 e. The number of carbonyl (C=O) groups is 2. The van der Waals surface area contributed by atoms with E-state index < -0.39 is 12.3 Å². The van der Waals surface area contributed by atoms with E-state index in [-0.39, 0.29) is 31.1 Å². The lowest BCUT2D eigenvalue weighted by Crippen LogP contribution is -2.31. The predicted octanol–water partition coefficient (Wildman–Crippen LogP) is 6.56. The fourth-order valence-corrected chi connectivity index (χ4v) is 5.67. The third-order valence-corrected chi connectivity index (χ3v) is 8.22. The second-order valence-corrected chi connectivity index (χ2v) is 11.4. The van der Waals surface area contributed by atoms with E-state index in [1.165, 1.54) is 4.90 Å². The number of carbonyl (C=O) groups excluding carboxylic acids is 1. The molecule has 7 nitrogen and oxygen atoms in total. The smallest absolute Gasteiger partial charge is 0.303 e. The lowest BCUT2D eigenvalue weighted by Gasteiger charge is -2.36. The molecule has 4 rings (SSSR count). The number of hydrogen-bond donors (Lipinski definition) is 3. The number of amides is 1. The summed E-state index contributed by atoms with van der Waals surface area (Å²) in [6.07, 6.45) is 3.80. The van der Waals surface area contributed by atoms with Crippen LogP contribution >= 0.6 is 11.8 Å². The minimum atomic E-state index is -0.773. The Bertz CT molecular complexity index is 1220. The molecule has 0 aliphatic carbocycles. The number of ether oxygens (including phenoxy) is 2. The molecule has 1 saturated heterocycles. The lowest BCUT2D eigenvalue weighted by molar-refractivity contribution is -0.245. The van der Waals surface area contributed by atoms with Gasteiger partial charge < -0.3 is 25.0 Å². The standard InChI is InChI=1S/C33H39NO6S/c35-22-25-14-16-26(17-15-25)30-20-28(23-41-29-8-4-3-5-9-29)39-33(40-30)27-18-12-24(13-19-27)21-34-31(36)10-6-1-2-7-11-32(37)38/h3-5,8-9,12-19,28,30,33,35H,1-2,6-7,10-11,20-23H2,(H,34,36)(H,37,38)/t28-,30+,33+/m0/s1. The number of rotatable bonds is 15. The van der Waals surface area contributed by atoms with E-state index in [0.717, 1.165) is 53.7 Å². The molecule has 1 aliphatic heterocycles. The number of thioether (sulfide) groups is 1. The molecule has 0 aromatic heterocycles.